The third-order valence-electron chi connectivity index (χ3n) is 4.64. The Balaban J connectivity index is 1.94. The highest BCUT2D eigenvalue weighted by molar-refractivity contribution is 9.10. The van der Waals surface area contributed by atoms with Crippen LogP contribution in [0.2, 0.25) is 0 Å². The number of aliphatic hydroxyl groups excluding tert-OH is 1. The molecule has 1 atom stereocenters. The number of halogens is 2. The molecule has 3 aromatic rings. The molecule has 1 unspecified atom stereocenters. The van der Waals surface area contributed by atoms with Crippen LogP contribution in [-0.2, 0) is 9.59 Å². The summed E-state index contributed by atoms with van der Waals surface area (Å²) in [6, 6.07) is 16.2. The molecule has 4 rings (SSSR count). The number of carbonyl (C=O) groups excluding carboxylic acids is 2. The zero-order valence-electron chi connectivity index (χ0n) is 14.9. The predicted molar refractivity (Wildman–Crippen MR) is 110 cm³/mol. The minimum absolute atomic E-state index is 0.0745. The lowest BCUT2D eigenvalue weighted by Crippen LogP contribution is -2.30. The lowest BCUT2D eigenvalue weighted by molar-refractivity contribution is -0.132. The molecule has 2 aromatic carbocycles. The van der Waals surface area contributed by atoms with Gasteiger partial charge in [0, 0.05) is 16.2 Å². The summed E-state index contributed by atoms with van der Waals surface area (Å²) in [7, 11) is 0. The average molecular weight is 453 g/mol. The first-order chi connectivity index (χ1) is 14.0. The summed E-state index contributed by atoms with van der Waals surface area (Å²) in [5.74, 6) is -2.12. The summed E-state index contributed by atoms with van der Waals surface area (Å²) in [6.45, 7) is 0. The first-order valence-electron chi connectivity index (χ1n) is 8.71. The van der Waals surface area contributed by atoms with Gasteiger partial charge in [0.25, 0.3) is 5.78 Å². The first-order valence-corrected chi connectivity index (χ1v) is 9.50. The summed E-state index contributed by atoms with van der Waals surface area (Å²) in [5, 5.41) is 10.9. The maximum absolute atomic E-state index is 13.5. The van der Waals surface area contributed by atoms with E-state index < -0.39 is 23.5 Å². The number of benzene rings is 2. The average Bonchev–Trinajstić information content (AvgIpc) is 3.00. The molecule has 7 heteroatoms. The highest BCUT2D eigenvalue weighted by Crippen LogP contribution is 2.41. The molecule has 1 aliphatic heterocycles. The summed E-state index contributed by atoms with van der Waals surface area (Å²) in [4.78, 5) is 31.2. The van der Waals surface area contributed by atoms with Gasteiger partial charge >= 0.3 is 5.91 Å². The highest BCUT2D eigenvalue weighted by atomic mass is 79.9. The van der Waals surface area contributed by atoms with Gasteiger partial charge in [0.1, 0.15) is 17.4 Å². The molecular formula is C22H14BrFN2O3. The fourth-order valence-corrected chi connectivity index (χ4v) is 3.55. The Bertz CT molecular complexity index is 1110. The van der Waals surface area contributed by atoms with Gasteiger partial charge < -0.3 is 5.11 Å². The van der Waals surface area contributed by atoms with Crippen molar-refractivity contribution in [1.29, 1.82) is 0 Å². The van der Waals surface area contributed by atoms with E-state index in [2.05, 4.69) is 20.9 Å². The van der Waals surface area contributed by atoms with Gasteiger partial charge in [0.05, 0.1) is 11.6 Å². The number of rotatable bonds is 3. The van der Waals surface area contributed by atoms with Crippen LogP contribution in [-0.4, -0.2) is 21.8 Å². The van der Waals surface area contributed by atoms with Crippen LogP contribution >= 0.6 is 15.9 Å². The molecule has 0 radical (unpaired) electrons. The first kappa shape index (κ1) is 19.0. The van der Waals surface area contributed by atoms with Crippen LogP contribution in [0.1, 0.15) is 17.2 Å². The third kappa shape index (κ3) is 3.45. The lowest BCUT2D eigenvalue weighted by atomic mass is 9.95. The minimum Gasteiger partial charge on any atom is -0.507 e. The van der Waals surface area contributed by atoms with Crippen molar-refractivity contribution in [2.75, 3.05) is 4.90 Å². The van der Waals surface area contributed by atoms with Crippen molar-refractivity contribution in [3.8, 4) is 0 Å². The summed E-state index contributed by atoms with van der Waals surface area (Å²) < 4.78 is 14.3. The van der Waals surface area contributed by atoms with E-state index in [1.165, 1.54) is 35.4 Å². The Labute approximate surface area is 174 Å². The zero-order chi connectivity index (χ0) is 20.5. The fourth-order valence-electron chi connectivity index (χ4n) is 3.29. The van der Waals surface area contributed by atoms with E-state index in [-0.39, 0.29) is 17.2 Å². The van der Waals surface area contributed by atoms with Gasteiger partial charge in [-0.2, -0.15) is 0 Å². The van der Waals surface area contributed by atoms with Crippen molar-refractivity contribution in [2.45, 2.75) is 6.04 Å². The van der Waals surface area contributed by atoms with Crippen molar-refractivity contribution in [2.24, 2.45) is 0 Å². The van der Waals surface area contributed by atoms with Crippen molar-refractivity contribution >= 4 is 39.2 Å². The van der Waals surface area contributed by atoms with E-state index in [0.29, 0.717) is 11.1 Å². The van der Waals surface area contributed by atoms with Gasteiger partial charge in [-0.1, -0.05) is 46.3 Å². The number of hydrogen-bond acceptors (Lipinski definition) is 4. The number of amides is 1. The van der Waals surface area contributed by atoms with Crippen LogP contribution < -0.4 is 4.90 Å². The Morgan fingerprint density at radius 3 is 2.31 bits per heavy atom. The van der Waals surface area contributed by atoms with E-state index in [0.717, 1.165) is 4.47 Å². The molecule has 1 fully saturated rings. The lowest BCUT2D eigenvalue weighted by Gasteiger charge is -2.24. The van der Waals surface area contributed by atoms with Gasteiger partial charge in [0.15, 0.2) is 0 Å². The number of aliphatic hydroxyl groups is 1. The third-order valence-corrected chi connectivity index (χ3v) is 5.17. The number of hydrogen-bond donors (Lipinski definition) is 1. The molecule has 5 nitrogen and oxygen atoms in total. The second-order valence-electron chi connectivity index (χ2n) is 6.42. The monoisotopic (exact) mass is 452 g/mol. The summed E-state index contributed by atoms with van der Waals surface area (Å²) in [6.07, 6.45) is 1.51. The number of carbonyl (C=O) groups is 2. The minimum atomic E-state index is -0.936. The number of anilines is 1. The van der Waals surface area contributed by atoms with E-state index in [1.54, 1.807) is 42.5 Å². The van der Waals surface area contributed by atoms with Crippen LogP contribution in [0.5, 0.6) is 0 Å². The Kier molecular flexibility index (Phi) is 4.98. The van der Waals surface area contributed by atoms with Gasteiger partial charge in [-0.25, -0.2) is 9.37 Å². The van der Waals surface area contributed by atoms with Gasteiger partial charge in [-0.05, 0) is 42.0 Å². The topological polar surface area (TPSA) is 70.5 Å². The van der Waals surface area contributed by atoms with Crippen LogP contribution in [0.15, 0.2) is 83.0 Å². The molecule has 1 amide bonds. The van der Waals surface area contributed by atoms with E-state index in [1.807, 2.05) is 0 Å². The van der Waals surface area contributed by atoms with Crippen molar-refractivity contribution in [3.63, 3.8) is 0 Å². The van der Waals surface area contributed by atoms with Gasteiger partial charge in [-0.15, -0.1) is 0 Å². The fraction of sp³-hybridized carbons (Fsp3) is 0.0455. The largest absolute Gasteiger partial charge is 0.507 e. The Morgan fingerprint density at radius 1 is 1.00 bits per heavy atom. The molecule has 29 heavy (non-hydrogen) atoms. The second kappa shape index (κ2) is 7.60. The summed E-state index contributed by atoms with van der Waals surface area (Å²) >= 11 is 3.32. The molecule has 0 spiro atoms. The number of ketones is 1. The summed E-state index contributed by atoms with van der Waals surface area (Å²) in [5.41, 5.74) is 0.795. The number of aromatic nitrogens is 1. The molecule has 2 heterocycles. The number of nitrogens with zero attached hydrogens (tertiary/aromatic N) is 2. The molecular weight excluding hydrogens is 439 g/mol. The zero-order valence-corrected chi connectivity index (χ0v) is 16.5. The Hall–Kier alpha value is -3.32. The second-order valence-corrected chi connectivity index (χ2v) is 7.33. The quantitative estimate of drug-likeness (QED) is 0.357. The van der Waals surface area contributed by atoms with Crippen LogP contribution in [0.4, 0.5) is 10.2 Å². The molecule has 1 saturated heterocycles. The number of pyridine rings is 1. The molecule has 0 aliphatic carbocycles. The van der Waals surface area contributed by atoms with E-state index >= 15 is 0 Å². The van der Waals surface area contributed by atoms with Crippen LogP contribution in [0, 0.1) is 5.82 Å². The maximum Gasteiger partial charge on any atom is 0.301 e. The van der Waals surface area contributed by atoms with Crippen molar-refractivity contribution < 1.29 is 19.1 Å². The molecule has 0 saturated carbocycles. The normalized spacial score (nSPS) is 18.3. The SMILES string of the molecule is O=C1C(=O)N(c2ccccn2)C(c2ccc(F)cc2)/C1=C(\O)c1ccc(Br)cc1. The Morgan fingerprint density at radius 2 is 1.69 bits per heavy atom. The molecule has 1 aromatic heterocycles. The molecule has 0 bridgehead atoms. The smallest absolute Gasteiger partial charge is 0.301 e. The molecule has 1 N–H and O–H groups in total. The maximum atomic E-state index is 13.5. The van der Waals surface area contributed by atoms with Crippen LogP contribution in [0.3, 0.4) is 0 Å². The van der Waals surface area contributed by atoms with E-state index in [9.17, 15) is 19.1 Å². The number of Topliss-reactive ketones (excluding diaryl/α,β-unsaturated/α-hetero) is 1. The standard InChI is InChI=1S/C22H14BrFN2O3/c23-15-8-4-14(5-9-15)20(27)18-19(13-6-10-16(24)11-7-13)26(22(29)21(18)28)17-3-1-2-12-25-17/h1-12,19,27H/b20-18+. The van der Waals surface area contributed by atoms with Crippen molar-refractivity contribution in [3.05, 3.63) is 99.9 Å². The predicted octanol–water partition coefficient (Wildman–Crippen LogP) is 4.61. The van der Waals surface area contributed by atoms with E-state index in [4.69, 9.17) is 0 Å². The van der Waals surface area contributed by atoms with Crippen LogP contribution in [0.25, 0.3) is 5.76 Å². The molecule has 144 valence electrons. The van der Waals surface area contributed by atoms with Gasteiger partial charge in [-0.3, -0.25) is 14.5 Å². The highest BCUT2D eigenvalue weighted by Gasteiger charge is 2.47. The van der Waals surface area contributed by atoms with Crippen molar-refractivity contribution in [1.82, 2.24) is 4.98 Å². The molecule has 1 aliphatic rings. The van der Waals surface area contributed by atoms with Gasteiger partial charge in [0.2, 0.25) is 0 Å².